The lowest BCUT2D eigenvalue weighted by Crippen LogP contribution is -2.35. The van der Waals surface area contributed by atoms with Crippen molar-refractivity contribution in [2.24, 2.45) is 0 Å². The van der Waals surface area contributed by atoms with Crippen molar-refractivity contribution in [2.45, 2.75) is 20.0 Å². The molecule has 140 valence electrons. The monoisotopic (exact) mass is 389 g/mol. The van der Waals surface area contributed by atoms with Crippen LogP contribution in [0.3, 0.4) is 0 Å². The number of hydrogen-bond acceptors (Lipinski definition) is 6. The van der Waals surface area contributed by atoms with Crippen molar-refractivity contribution in [1.82, 2.24) is 4.90 Å². The Labute approximate surface area is 159 Å². The topological polar surface area (TPSA) is 76.8 Å². The summed E-state index contributed by atoms with van der Waals surface area (Å²) in [5.74, 6) is -0.712. The van der Waals surface area contributed by atoms with Crippen molar-refractivity contribution in [3.63, 3.8) is 0 Å². The van der Waals surface area contributed by atoms with Crippen LogP contribution >= 0.6 is 11.8 Å². The normalized spacial score (nSPS) is 15.9. The third-order valence-corrected chi connectivity index (χ3v) is 4.46. The van der Waals surface area contributed by atoms with Crippen LogP contribution in [0.2, 0.25) is 0 Å². The fourth-order valence-corrected chi connectivity index (χ4v) is 3.21. The summed E-state index contributed by atoms with van der Waals surface area (Å²) in [6.07, 6.45) is 1.10. The standard InChI is InChI=1S/C19H16FNO5S/c1-11(2)25-17(22)10-21-18(23)16(27-19(21)24)9-14-7-8-15(26-14)12-3-5-13(20)6-4-12/h3-9,11H,10H2,1-2H3. The van der Waals surface area contributed by atoms with Gasteiger partial charge in [-0.1, -0.05) is 0 Å². The molecule has 1 aliphatic heterocycles. The van der Waals surface area contributed by atoms with Gasteiger partial charge in [-0.15, -0.1) is 0 Å². The summed E-state index contributed by atoms with van der Waals surface area (Å²) in [5.41, 5.74) is 0.681. The smallest absolute Gasteiger partial charge is 0.326 e. The van der Waals surface area contributed by atoms with E-state index in [0.29, 0.717) is 17.1 Å². The fourth-order valence-electron chi connectivity index (χ4n) is 2.39. The van der Waals surface area contributed by atoms with Crippen LogP contribution in [-0.4, -0.2) is 34.7 Å². The molecule has 3 rings (SSSR count). The van der Waals surface area contributed by atoms with Gasteiger partial charge in [0.2, 0.25) is 0 Å². The molecule has 8 heteroatoms. The van der Waals surface area contributed by atoms with Gasteiger partial charge in [0.05, 0.1) is 11.0 Å². The van der Waals surface area contributed by atoms with Crippen molar-refractivity contribution in [2.75, 3.05) is 6.54 Å². The van der Waals surface area contributed by atoms with Crippen LogP contribution in [0.1, 0.15) is 19.6 Å². The molecular formula is C19H16FNO5S. The number of rotatable bonds is 5. The summed E-state index contributed by atoms with van der Waals surface area (Å²) >= 11 is 0.726. The zero-order chi connectivity index (χ0) is 19.6. The Balaban J connectivity index is 1.74. The zero-order valence-corrected chi connectivity index (χ0v) is 15.4. The maximum absolute atomic E-state index is 13.0. The molecule has 1 aromatic heterocycles. The molecule has 0 aliphatic carbocycles. The van der Waals surface area contributed by atoms with Gasteiger partial charge >= 0.3 is 5.97 Å². The molecule has 27 heavy (non-hydrogen) atoms. The third kappa shape index (κ3) is 4.46. The Hall–Kier alpha value is -2.87. The van der Waals surface area contributed by atoms with Gasteiger partial charge in [-0.2, -0.15) is 0 Å². The van der Waals surface area contributed by atoms with Crippen molar-refractivity contribution in [1.29, 1.82) is 0 Å². The van der Waals surface area contributed by atoms with Crippen LogP contribution in [0.15, 0.2) is 45.7 Å². The molecule has 2 amide bonds. The van der Waals surface area contributed by atoms with E-state index in [9.17, 15) is 18.8 Å². The van der Waals surface area contributed by atoms with Gasteiger partial charge < -0.3 is 9.15 Å². The number of halogens is 1. The van der Waals surface area contributed by atoms with E-state index in [1.807, 2.05) is 0 Å². The van der Waals surface area contributed by atoms with Crippen molar-refractivity contribution in [3.05, 3.63) is 52.9 Å². The second-order valence-corrected chi connectivity index (χ2v) is 7.01. The summed E-state index contributed by atoms with van der Waals surface area (Å²) in [7, 11) is 0. The Morgan fingerprint density at radius 1 is 1.22 bits per heavy atom. The first-order valence-corrected chi connectivity index (χ1v) is 8.96. The van der Waals surface area contributed by atoms with E-state index in [1.54, 1.807) is 38.1 Å². The maximum atomic E-state index is 13.0. The Morgan fingerprint density at radius 2 is 1.93 bits per heavy atom. The van der Waals surface area contributed by atoms with Gasteiger partial charge in [0.15, 0.2) is 0 Å². The molecule has 1 aromatic carbocycles. The first kappa shape index (κ1) is 18.9. The highest BCUT2D eigenvalue weighted by Gasteiger charge is 2.37. The van der Waals surface area contributed by atoms with Crippen LogP contribution in [0, 0.1) is 5.82 Å². The van der Waals surface area contributed by atoms with Gasteiger partial charge in [-0.3, -0.25) is 19.3 Å². The Kier molecular flexibility index (Phi) is 5.46. The molecule has 0 bridgehead atoms. The van der Waals surface area contributed by atoms with Gasteiger partial charge in [-0.05, 0) is 62.0 Å². The van der Waals surface area contributed by atoms with Crippen molar-refractivity contribution < 1.29 is 27.9 Å². The van der Waals surface area contributed by atoms with Crippen molar-refractivity contribution in [3.8, 4) is 11.3 Å². The zero-order valence-electron chi connectivity index (χ0n) is 14.6. The van der Waals surface area contributed by atoms with E-state index in [4.69, 9.17) is 9.15 Å². The lowest BCUT2D eigenvalue weighted by Gasteiger charge is -2.13. The average Bonchev–Trinajstić information content (AvgIpc) is 3.16. The summed E-state index contributed by atoms with van der Waals surface area (Å²) in [4.78, 5) is 37.1. The van der Waals surface area contributed by atoms with Gasteiger partial charge in [0.25, 0.3) is 11.1 Å². The molecule has 0 saturated carbocycles. The fraction of sp³-hybridized carbons (Fsp3) is 0.211. The molecular weight excluding hydrogens is 373 g/mol. The Bertz CT molecular complexity index is 916. The molecule has 6 nitrogen and oxygen atoms in total. The number of ether oxygens (including phenoxy) is 1. The largest absolute Gasteiger partial charge is 0.462 e. The molecule has 2 aromatic rings. The summed E-state index contributed by atoms with van der Waals surface area (Å²) in [6.45, 7) is 2.93. The minimum absolute atomic E-state index is 0.150. The van der Waals surface area contributed by atoms with E-state index in [1.165, 1.54) is 18.2 Å². The quantitative estimate of drug-likeness (QED) is 0.567. The number of imide groups is 1. The second kappa shape index (κ2) is 7.79. The predicted octanol–water partition coefficient (Wildman–Crippen LogP) is 4.07. The number of amides is 2. The highest BCUT2D eigenvalue weighted by molar-refractivity contribution is 8.18. The molecule has 1 fully saturated rings. The van der Waals surface area contributed by atoms with Crippen molar-refractivity contribution >= 4 is 35.0 Å². The SMILES string of the molecule is CC(C)OC(=O)CN1C(=O)SC(=Cc2ccc(-c3ccc(F)cc3)o2)C1=O. The van der Waals surface area contributed by atoms with E-state index in [2.05, 4.69) is 0 Å². The number of benzene rings is 1. The highest BCUT2D eigenvalue weighted by Crippen LogP contribution is 2.33. The first-order chi connectivity index (χ1) is 12.8. The van der Waals surface area contributed by atoms with Gasteiger partial charge in [-0.25, -0.2) is 4.39 Å². The molecule has 0 N–H and O–H groups in total. The highest BCUT2D eigenvalue weighted by atomic mass is 32.2. The number of carbonyl (C=O) groups excluding carboxylic acids is 3. The van der Waals surface area contributed by atoms with E-state index < -0.39 is 23.7 Å². The maximum Gasteiger partial charge on any atom is 0.326 e. The number of thioether (sulfide) groups is 1. The lowest BCUT2D eigenvalue weighted by atomic mass is 10.2. The lowest BCUT2D eigenvalue weighted by molar-refractivity contribution is -0.149. The number of hydrogen-bond donors (Lipinski definition) is 0. The summed E-state index contributed by atoms with van der Waals surface area (Å²) < 4.78 is 23.6. The molecule has 0 atom stereocenters. The molecule has 1 aliphatic rings. The predicted molar refractivity (Wildman–Crippen MR) is 98.0 cm³/mol. The second-order valence-electron chi connectivity index (χ2n) is 6.02. The Morgan fingerprint density at radius 3 is 2.59 bits per heavy atom. The summed E-state index contributed by atoms with van der Waals surface area (Å²) in [5, 5.41) is -0.544. The number of furan rings is 1. The third-order valence-electron chi connectivity index (χ3n) is 3.56. The molecule has 2 heterocycles. The van der Waals surface area contributed by atoms with E-state index in [-0.39, 0.29) is 16.8 Å². The number of esters is 1. The van der Waals surface area contributed by atoms with Gasteiger partial charge in [0.1, 0.15) is 23.9 Å². The first-order valence-electron chi connectivity index (χ1n) is 8.14. The van der Waals surface area contributed by atoms with E-state index in [0.717, 1.165) is 16.7 Å². The molecule has 0 unspecified atom stereocenters. The average molecular weight is 389 g/mol. The molecule has 0 spiro atoms. The number of carbonyl (C=O) groups is 3. The number of nitrogens with zero attached hydrogens (tertiary/aromatic N) is 1. The van der Waals surface area contributed by atoms with E-state index >= 15 is 0 Å². The minimum atomic E-state index is -0.648. The van der Waals surface area contributed by atoms with Crippen LogP contribution in [0.25, 0.3) is 17.4 Å². The molecule has 1 saturated heterocycles. The summed E-state index contributed by atoms with van der Waals surface area (Å²) in [6, 6.07) is 9.11. The van der Waals surface area contributed by atoms with Crippen LogP contribution in [-0.2, 0) is 14.3 Å². The minimum Gasteiger partial charge on any atom is -0.462 e. The van der Waals surface area contributed by atoms with Crippen LogP contribution in [0.5, 0.6) is 0 Å². The van der Waals surface area contributed by atoms with Gasteiger partial charge in [0, 0.05) is 11.6 Å². The van der Waals surface area contributed by atoms with Crippen LogP contribution < -0.4 is 0 Å². The van der Waals surface area contributed by atoms with Crippen LogP contribution in [0.4, 0.5) is 9.18 Å². The molecule has 0 radical (unpaired) electrons.